The van der Waals surface area contributed by atoms with Gasteiger partial charge in [-0.3, -0.25) is 4.79 Å². The lowest BCUT2D eigenvalue weighted by Gasteiger charge is -2.07. The van der Waals surface area contributed by atoms with Crippen LogP contribution in [0.3, 0.4) is 0 Å². The van der Waals surface area contributed by atoms with Crippen LogP contribution in [0.25, 0.3) is 0 Å². The summed E-state index contributed by atoms with van der Waals surface area (Å²) in [6.07, 6.45) is 3.18. The van der Waals surface area contributed by atoms with E-state index < -0.39 is 0 Å². The van der Waals surface area contributed by atoms with E-state index in [0.717, 1.165) is 0 Å². The number of benzene rings is 3. The molecular weight excluding hydrogens is 344 g/mol. The quantitative estimate of drug-likeness (QED) is 0.479. The van der Waals surface area contributed by atoms with Gasteiger partial charge in [-0.1, -0.05) is 12.1 Å². The van der Waals surface area contributed by atoms with Crippen LogP contribution in [0, 0.1) is 23.0 Å². The molecule has 0 unspecified atom stereocenters. The molecular formula is C21H12N2O4. The molecule has 0 atom stereocenters. The number of carbonyl (C=O) groups excluding carboxylic acids is 1. The number of nitrogens with zero attached hydrogens (tertiary/aromatic N) is 2. The number of nitriles is 2. The van der Waals surface area contributed by atoms with Crippen LogP contribution >= 0.6 is 0 Å². The molecule has 6 heteroatoms. The van der Waals surface area contributed by atoms with Crippen molar-refractivity contribution in [1.82, 2.24) is 0 Å². The van der Waals surface area contributed by atoms with Crippen molar-refractivity contribution in [2.45, 2.75) is 0 Å². The summed E-state index contributed by atoms with van der Waals surface area (Å²) in [5.74, 6) is 1.67. The lowest BCUT2D eigenvalue weighted by Crippen LogP contribution is -2.01. The minimum absolute atomic E-state index is 0.192. The zero-order chi connectivity index (χ0) is 19.1. The third-order valence-electron chi connectivity index (χ3n) is 3.60. The molecule has 0 aliphatic rings. The van der Waals surface area contributed by atoms with Crippen molar-refractivity contribution >= 4 is 5.78 Å². The van der Waals surface area contributed by atoms with Crippen LogP contribution in [-0.4, -0.2) is 5.78 Å². The second kappa shape index (κ2) is 8.19. The molecule has 0 saturated carbocycles. The average Bonchev–Trinajstić information content (AvgIpc) is 2.70. The van der Waals surface area contributed by atoms with E-state index >= 15 is 0 Å². The van der Waals surface area contributed by atoms with Crippen molar-refractivity contribution in [3.05, 3.63) is 83.9 Å². The van der Waals surface area contributed by atoms with Gasteiger partial charge in [-0.2, -0.15) is 0 Å². The Balaban J connectivity index is 1.71. The number of ketones is 1. The van der Waals surface area contributed by atoms with Crippen molar-refractivity contribution in [1.29, 1.82) is 10.5 Å². The molecule has 0 fully saturated rings. The Morgan fingerprint density at radius 3 is 1.85 bits per heavy atom. The molecule has 130 valence electrons. The second-order valence-corrected chi connectivity index (χ2v) is 5.34. The predicted molar refractivity (Wildman–Crippen MR) is 95.3 cm³/mol. The van der Waals surface area contributed by atoms with Gasteiger partial charge < -0.3 is 14.2 Å². The molecule has 0 amide bonds. The molecule has 6 nitrogen and oxygen atoms in total. The third kappa shape index (κ3) is 4.41. The van der Waals surface area contributed by atoms with Crippen LogP contribution in [0.1, 0.15) is 15.9 Å². The summed E-state index contributed by atoms with van der Waals surface area (Å²) in [5, 5.41) is 17.0. The highest BCUT2D eigenvalue weighted by atomic mass is 16.5. The maximum atomic E-state index is 12.6. The fourth-order valence-electron chi connectivity index (χ4n) is 2.36. The highest BCUT2D eigenvalue weighted by Crippen LogP contribution is 2.25. The van der Waals surface area contributed by atoms with Crippen molar-refractivity contribution in [3.8, 4) is 35.5 Å². The van der Waals surface area contributed by atoms with Crippen molar-refractivity contribution in [3.63, 3.8) is 0 Å². The van der Waals surface area contributed by atoms with Gasteiger partial charge in [0.05, 0.1) is 0 Å². The predicted octanol–water partition coefficient (Wildman–Crippen LogP) is 4.43. The summed E-state index contributed by atoms with van der Waals surface area (Å²) < 4.78 is 15.2. The lowest BCUT2D eigenvalue weighted by molar-refractivity contribution is 0.103. The van der Waals surface area contributed by atoms with Crippen LogP contribution in [0.4, 0.5) is 0 Å². The number of rotatable bonds is 6. The molecule has 0 bridgehead atoms. The summed E-state index contributed by atoms with van der Waals surface area (Å²) in [6, 6.07) is 19.7. The number of hydrogen-bond donors (Lipinski definition) is 0. The topological polar surface area (TPSA) is 92.3 Å². The fraction of sp³-hybridized carbons (Fsp3) is 0. The van der Waals surface area contributed by atoms with Crippen molar-refractivity contribution < 1.29 is 19.0 Å². The maximum absolute atomic E-state index is 12.6. The van der Waals surface area contributed by atoms with E-state index in [2.05, 4.69) is 0 Å². The standard InChI is InChI=1S/C21H12N2O4/c22-13-25-17-8-10-19(11-9-17)27-18-6-4-15(5-7-18)21(24)16-2-1-3-20(12-16)26-14-23/h1-12H. The van der Waals surface area contributed by atoms with Gasteiger partial charge in [-0.25, -0.2) is 0 Å². The van der Waals surface area contributed by atoms with E-state index in [0.29, 0.717) is 34.1 Å². The summed E-state index contributed by atoms with van der Waals surface area (Å²) in [5.41, 5.74) is 0.902. The summed E-state index contributed by atoms with van der Waals surface area (Å²) in [4.78, 5) is 12.6. The van der Waals surface area contributed by atoms with Crippen LogP contribution in [0.15, 0.2) is 72.8 Å². The first kappa shape index (κ1) is 17.5. The van der Waals surface area contributed by atoms with E-state index in [1.807, 2.05) is 0 Å². The minimum atomic E-state index is -0.192. The first-order valence-electron chi connectivity index (χ1n) is 7.84. The van der Waals surface area contributed by atoms with E-state index in [1.54, 1.807) is 79.2 Å². The summed E-state index contributed by atoms with van der Waals surface area (Å²) in [6.45, 7) is 0. The molecule has 3 rings (SSSR count). The maximum Gasteiger partial charge on any atom is 0.292 e. The number of ether oxygens (including phenoxy) is 3. The largest absolute Gasteiger partial charge is 0.457 e. The molecule has 0 spiro atoms. The smallest absolute Gasteiger partial charge is 0.292 e. The zero-order valence-electron chi connectivity index (χ0n) is 14.0. The fourth-order valence-corrected chi connectivity index (χ4v) is 2.36. The molecule has 0 heterocycles. The molecule has 3 aromatic rings. The van der Waals surface area contributed by atoms with Crippen LogP contribution in [0.5, 0.6) is 23.0 Å². The Hall–Kier alpha value is -4.29. The van der Waals surface area contributed by atoms with Gasteiger partial charge in [0, 0.05) is 11.1 Å². The van der Waals surface area contributed by atoms with Gasteiger partial charge in [0.1, 0.15) is 23.0 Å². The monoisotopic (exact) mass is 356 g/mol. The van der Waals surface area contributed by atoms with Gasteiger partial charge in [-0.05, 0) is 60.7 Å². The molecule has 3 aromatic carbocycles. The molecule has 27 heavy (non-hydrogen) atoms. The van der Waals surface area contributed by atoms with E-state index in [-0.39, 0.29) is 5.78 Å². The molecule has 0 N–H and O–H groups in total. The van der Waals surface area contributed by atoms with Gasteiger partial charge in [0.2, 0.25) is 0 Å². The Morgan fingerprint density at radius 1 is 0.667 bits per heavy atom. The molecule has 0 aromatic heterocycles. The first-order chi connectivity index (χ1) is 13.2. The van der Waals surface area contributed by atoms with E-state index in [1.165, 1.54) is 6.07 Å². The average molecular weight is 356 g/mol. The highest BCUT2D eigenvalue weighted by Gasteiger charge is 2.10. The second-order valence-electron chi connectivity index (χ2n) is 5.34. The molecule has 0 saturated heterocycles. The van der Waals surface area contributed by atoms with Crippen LogP contribution in [0.2, 0.25) is 0 Å². The third-order valence-corrected chi connectivity index (χ3v) is 3.60. The lowest BCUT2D eigenvalue weighted by atomic mass is 10.0. The van der Waals surface area contributed by atoms with Gasteiger partial charge in [0.25, 0.3) is 12.5 Å². The molecule has 0 aliphatic heterocycles. The summed E-state index contributed by atoms with van der Waals surface area (Å²) >= 11 is 0. The zero-order valence-corrected chi connectivity index (χ0v) is 14.0. The van der Waals surface area contributed by atoms with Crippen molar-refractivity contribution in [2.24, 2.45) is 0 Å². The van der Waals surface area contributed by atoms with E-state index in [4.69, 9.17) is 24.7 Å². The number of hydrogen-bond acceptors (Lipinski definition) is 6. The minimum Gasteiger partial charge on any atom is -0.457 e. The summed E-state index contributed by atoms with van der Waals surface area (Å²) in [7, 11) is 0. The molecule has 0 radical (unpaired) electrons. The SMILES string of the molecule is N#COc1ccc(Oc2ccc(C(=O)c3cccc(OC#N)c3)cc2)cc1. The van der Waals surface area contributed by atoms with Crippen LogP contribution < -0.4 is 14.2 Å². The Labute approximate surface area is 155 Å². The Bertz CT molecular complexity index is 1030. The van der Waals surface area contributed by atoms with Gasteiger partial charge in [-0.15, -0.1) is 10.5 Å². The number of carbonyl (C=O) groups is 1. The Morgan fingerprint density at radius 2 is 1.22 bits per heavy atom. The highest BCUT2D eigenvalue weighted by molar-refractivity contribution is 6.09. The van der Waals surface area contributed by atoms with Gasteiger partial charge in [0.15, 0.2) is 5.78 Å². The molecule has 0 aliphatic carbocycles. The van der Waals surface area contributed by atoms with Crippen LogP contribution in [-0.2, 0) is 0 Å². The van der Waals surface area contributed by atoms with E-state index in [9.17, 15) is 4.79 Å². The Kier molecular flexibility index (Phi) is 5.32. The first-order valence-corrected chi connectivity index (χ1v) is 7.84. The van der Waals surface area contributed by atoms with Gasteiger partial charge >= 0.3 is 0 Å². The van der Waals surface area contributed by atoms with Crippen molar-refractivity contribution in [2.75, 3.05) is 0 Å². The normalized spacial score (nSPS) is 9.56.